The Labute approximate surface area is 222 Å². The molecule has 0 fully saturated rings. The lowest BCUT2D eigenvalue weighted by atomic mass is 10.1. The highest BCUT2D eigenvalue weighted by Crippen LogP contribution is 2.33. The fourth-order valence-corrected chi connectivity index (χ4v) is 4.82. The van der Waals surface area contributed by atoms with Crippen LogP contribution in [0.5, 0.6) is 0 Å². The fourth-order valence-electron chi connectivity index (χ4n) is 3.80. The van der Waals surface area contributed by atoms with Crippen molar-refractivity contribution in [1.29, 1.82) is 0 Å². The van der Waals surface area contributed by atoms with Gasteiger partial charge in [0.2, 0.25) is 10.0 Å². The maximum Gasteiger partial charge on any atom is 0.416 e. The first kappa shape index (κ1) is 28.0. The normalized spacial score (nSPS) is 11.9. The Morgan fingerprint density at radius 1 is 0.974 bits per heavy atom. The second kappa shape index (κ2) is 11.4. The van der Waals surface area contributed by atoms with E-state index in [0.717, 1.165) is 12.1 Å². The Morgan fingerprint density at radius 2 is 1.67 bits per heavy atom. The number of sulfonamides is 1. The number of carbonyl (C=O) groups is 1. The molecule has 0 bridgehead atoms. The predicted molar refractivity (Wildman–Crippen MR) is 140 cm³/mol. The number of likely N-dealkylation sites (N-methyl/N-ethyl adjacent to an activating group) is 1. The molecular weight excluding hydrogens is 536 g/mol. The molecule has 3 aromatic carbocycles. The number of anilines is 2. The van der Waals surface area contributed by atoms with E-state index in [-0.39, 0.29) is 29.4 Å². The van der Waals surface area contributed by atoms with Crippen molar-refractivity contribution in [3.05, 3.63) is 95.7 Å². The molecule has 1 aromatic heterocycles. The number of amides is 1. The third-order valence-corrected chi connectivity index (χ3v) is 7.43. The number of nitrogens with one attached hydrogen (secondary N) is 2. The van der Waals surface area contributed by atoms with Crippen LogP contribution in [-0.2, 0) is 22.9 Å². The number of pyridine rings is 1. The number of fused-ring (bicyclic) bond motifs is 1. The summed E-state index contributed by atoms with van der Waals surface area (Å²) < 4.78 is 79.0. The average molecular weight is 561 g/mol. The van der Waals surface area contributed by atoms with Crippen LogP contribution in [0.4, 0.5) is 28.9 Å². The predicted octanol–water partition coefficient (Wildman–Crippen LogP) is 5.52. The van der Waals surface area contributed by atoms with Gasteiger partial charge in [0.25, 0.3) is 5.91 Å². The summed E-state index contributed by atoms with van der Waals surface area (Å²) in [6, 6.07) is 16.9. The largest absolute Gasteiger partial charge is 0.416 e. The van der Waals surface area contributed by atoms with E-state index in [0.29, 0.717) is 27.9 Å². The lowest BCUT2D eigenvalue weighted by molar-refractivity contribution is -0.137. The number of alkyl halides is 4. The number of rotatable bonds is 9. The molecule has 4 rings (SSSR count). The van der Waals surface area contributed by atoms with E-state index in [2.05, 4.69) is 15.0 Å². The van der Waals surface area contributed by atoms with Crippen LogP contribution < -0.4 is 10.0 Å². The molecule has 0 aliphatic heterocycles. The number of halogens is 4. The van der Waals surface area contributed by atoms with Crippen molar-refractivity contribution in [2.45, 2.75) is 17.7 Å². The molecule has 1 heterocycles. The molecule has 7 nitrogen and oxygen atoms in total. The molecule has 0 spiro atoms. The van der Waals surface area contributed by atoms with Gasteiger partial charge in [0.15, 0.2) is 0 Å². The number of hydrogen-bond acceptors (Lipinski definition) is 5. The highest BCUT2D eigenvalue weighted by Gasteiger charge is 2.30. The van der Waals surface area contributed by atoms with Gasteiger partial charge < -0.3 is 10.2 Å². The van der Waals surface area contributed by atoms with Crippen LogP contribution in [0.3, 0.4) is 0 Å². The van der Waals surface area contributed by atoms with Crippen molar-refractivity contribution in [2.75, 3.05) is 25.5 Å². The first-order chi connectivity index (χ1) is 18.5. The number of hydrogen-bond donors (Lipinski definition) is 2. The quantitative estimate of drug-likeness (QED) is 0.263. The van der Waals surface area contributed by atoms with Crippen LogP contribution in [0, 0.1) is 0 Å². The van der Waals surface area contributed by atoms with Crippen molar-refractivity contribution in [3.8, 4) is 0 Å². The van der Waals surface area contributed by atoms with Crippen LogP contribution >= 0.6 is 0 Å². The monoisotopic (exact) mass is 560 g/mol. The summed E-state index contributed by atoms with van der Waals surface area (Å²) in [7, 11) is -2.27. The molecule has 204 valence electrons. The molecule has 4 aromatic rings. The van der Waals surface area contributed by atoms with E-state index in [1.54, 1.807) is 30.3 Å². The topological polar surface area (TPSA) is 91.4 Å². The first-order valence-electron chi connectivity index (χ1n) is 11.7. The molecule has 0 saturated heterocycles. The maximum absolute atomic E-state index is 13.0. The SMILES string of the molecule is CN(CCNS(=O)(=O)c1ccc(CF)cc1)C(=O)c1ccc(Nc2ccnc3cc(C(F)(F)F)ccc23)cc1. The summed E-state index contributed by atoms with van der Waals surface area (Å²) in [6.07, 6.45) is -3.06. The van der Waals surface area contributed by atoms with Crippen molar-refractivity contribution in [1.82, 2.24) is 14.6 Å². The van der Waals surface area contributed by atoms with Crippen LogP contribution in [0.2, 0.25) is 0 Å². The summed E-state index contributed by atoms with van der Waals surface area (Å²) in [5, 5.41) is 3.64. The van der Waals surface area contributed by atoms with Gasteiger partial charge in [-0.2, -0.15) is 13.2 Å². The Kier molecular flexibility index (Phi) is 8.17. The van der Waals surface area contributed by atoms with E-state index in [1.165, 1.54) is 48.5 Å². The van der Waals surface area contributed by atoms with Gasteiger partial charge in [-0.05, 0) is 60.2 Å². The molecule has 0 unspecified atom stereocenters. The number of carbonyl (C=O) groups excluding carboxylic acids is 1. The van der Waals surface area contributed by atoms with Gasteiger partial charge in [0.05, 0.1) is 16.0 Å². The minimum atomic E-state index is -4.47. The summed E-state index contributed by atoms with van der Waals surface area (Å²) >= 11 is 0. The molecule has 2 N–H and O–H groups in total. The van der Waals surface area contributed by atoms with Gasteiger partial charge in [-0.1, -0.05) is 18.2 Å². The van der Waals surface area contributed by atoms with E-state index in [1.807, 2.05) is 0 Å². The fraction of sp³-hybridized carbons (Fsp3) is 0.185. The highest BCUT2D eigenvalue weighted by molar-refractivity contribution is 7.89. The van der Waals surface area contributed by atoms with Crippen LogP contribution in [0.1, 0.15) is 21.5 Å². The van der Waals surface area contributed by atoms with Gasteiger partial charge in [-0.25, -0.2) is 17.5 Å². The average Bonchev–Trinajstić information content (AvgIpc) is 2.92. The van der Waals surface area contributed by atoms with E-state index in [9.17, 15) is 30.8 Å². The zero-order chi connectivity index (χ0) is 28.2. The second-order valence-electron chi connectivity index (χ2n) is 8.69. The van der Waals surface area contributed by atoms with Gasteiger partial charge >= 0.3 is 6.18 Å². The standard InChI is InChI=1S/C27H24F4N4O3S/c1-35(15-14-33-39(37,38)22-9-2-18(17-28)3-10-22)26(36)19-4-7-21(8-5-19)34-24-12-13-32-25-16-20(27(29,30)31)6-11-23(24)25/h2-13,16,33H,14-15,17H2,1H3,(H,32,34). The number of nitrogens with zero attached hydrogens (tertiary/aromatic N) is 2. The first-order valence-corrected chi connectivity index (χ1v) is 13.2. The Hall–Kier alpha value is -4.03. The third-order valence-electron chi connectivity index (χ3n) is 5.95. The van der Waals surface area contributed by atoms with Crippen molar-refractivity contribution in [2.24, 2.45) is 0 Å². The summed E-state index contributed by atoms with van der Waals surface area (Å²) in [4.78, 5) is 18.2. The zero-order valence-corrected chi connectivity index (χ0v) is 21.5. The van der Waals surface area contributed by atoms with Crippen molar-refractivity contribution < 1.29 is 30.8 Å². The lowest BCUT2D eigenvalue weighted by Crippen LogP contribution is -2.36. The Bertz CT molecular complexity index is 1580. The van der Waals surface area contributed by atoms with Gasteiger partial charge in [0, 0.05) is 48.7 Å². The second-order valence-corrected chi connectivity index (χ2v) is 10.5. The smallest absolute Gasteiger partial charge is 0.355 e. The molecule has 0 aliphatic carbocycles. The molecule has 0 radical (unpaired) electrons. The minimum absolute atomic E-state index is 0.000429. The van der Waals surface area contributed by atoms with Crippen molar-refractivity contribution in [3.63, 3.8) is 0 Å². The molecular formula is C27H24F4N4O3S. The zero-order valence-electron chi connectivity index (χ0n) is 20.7. The van der Waals surface area contributed by atoms with Gasteiger partial charge in [-0.3, -0.25) is 9.78 Å². The van der Waals surface area contributed by atoms with Crippen molar-refractivity contribution >= 4 is 38.2 Å². The Morgan fingerprint density at radius 3 is 2.31 bits per heavy atom. The van der Waals surface area contributed by atoms with E-state index >= 15 is 0 Å². The van der Waals surface area contributed by atoms with E-state index in [4.69, 9.17) is 0 Å². The van der Waals surface area contributed by atoms with Crippen LogP contribution in [0.25, 0.3) is 10.9 Å². The molecule has 39 heavy (non-hydrogen) atoms. The molecule has 0 aliphatic rings. The van der Waals surface area contributed by atoms with Gasteiger partial charge in [0.1, 0.15) is 6.67 Å². The molecule has 0 atom stereocenters. The summed E-state index contributed by atoms with van der Waals surface area (Å²) in [5.41, 5.74) is 1.29. The van der Waals surface area contributed by atoms with E-state index < -0.39 is 28.4 Å². The highest BCUT2D eigenvalue weighted by atomic mass is 32.2. The summed E-state index contributed by atoms with van der Waals surface area (Å²) in [6.45, 7) is -0.617. The lowest BCUT2D eigenvalue weighted by Gasteiger charge is -2.18. The number of aromatic nitrogens is 1. The Balaban J connectivity index is 1.37. The third kappa shape index (κ3) is 6.70. The molecule has 1 amide bonds. The minimum Gasteiger partial charge on any atom is -0.355 e. The van der Waals surface area contributed by atoms with Crippen LogP contribution in [-0.4, -0.2) is 44.3 Å². The summed E-state index contributed by atoms with van der Waals surface area (Å²) in [5.74, 6) is -0.331. The van der Waals surface area contributed by atoms with Crippen LogP contribution in [0.15, 0.2) is 83.9 Å². The maximum atomic E-state index is 13.0. The van der Waals surface area contributed by atoms with Gasteiger partial charge in [-0.15, -0.1) is 0 Å². The number of benzene rings is 3. The molecule has 12 heteroatoms. The molecule has 0 saturated carbocycles.